The van der Waals surface area contributed by atoms with E-state index in [4.69, 9.17) is 5.11 Å². The topological polar surface area (TPSA) is 60.9 Å². The molecule has 0 bridgehead atoms. The largest absolute Gasteiger partial charge is 0.478 e. The van der Waals surface area contributed by atoms with Gasteiger partial charge in [0.05, 0.1) is 24.2 Å². The lowest BCUT2D eigenvalue weighted by molar-refractivity contribution is -0.137. The summed E-state index contributed by atoms with van der Waals surface area (Å²) in [6, 6.07) is 8.21. The molecule has 1 N–H and O–H groups in total. The molecule has 1 aliphatic rings. The number of urea groups is 1. The minimum Gasteiger partial charge on any atom is -0.478 e. The van der Waals surface area contributed by atoms with Crippen LogP contribution in [0, 0.1) is 6.92 Å². The van der Waals surface area contributed by atoms with Crippen molar-refractivity contribution in [3.05, 3.63) is 64.7 Å². The Morgan fingerprint density at radius 1 is 1.17 bits per heavy atom. The molecule has 0 aromatic heterocycles. The van der Waals surface area contributed by atoms with Crippen molar-refractivity contribution in [3.63, 3.8) is 0 Å². The van der Waals surface area contributed by atoms with Gasteiger partial charge in [0.2, 0.25) is 0 Å². The Morgan fingerprint density at radius 3 is 2.33 bits per heavy atom. The van der Waals surface area contributed by atoms with E-state index in [9.17, 15) is 27.2 Å². The summed E-state index contributed by atoms with van der Waals surface area (Å²) in [4.78, 5) is 26.8. The summed E-state index contributed by atoms with van der Waals surface area (Å²) in [6.07, 6.45) is -5.44. The summed E-state index contributed by atoms with van der Waals surface area (Å²) in [7, 11) is 0. The first-order chi connectivity index (χ1) is 14.1. The van der Waals surface area contributed by atoms with E-state index in [-0.39, 0.29) is 37.3 Å². The predicted octanol–water partition coefficient (Wildman–Crippen LogP) is 4.88. The third-order valence-electron chi connectivity index (χ3n) is 5.00. The van der Waals surface area contributed by atoms with Crippen molar-refractivity contribution in [3.8, 4) is 0 Å². The zero-order valence-electron chi connectivity index (χ0n) is 16.1. The van der Waals surface area contributed by atoms with Crippen molar-refractivity contribution in [2.24, 2.45) is 0 Å². The van der Waals surface area contributed by atoms with Gasteiger partial charge in [0.15, 0.2) is 0 Å². The number of hydrogen-bond donors (Lipinski definition) is 1. The highest BCUT2D eigenvalue weighted by molar-refractivity contribution is 5.92. The number of carboxylic acids is 1. The lowest BCUT2D eigenvalue weighted by Gasteiger charge is -2.28. The minimum atomic E-state index is -4.51. The number of halogens is 4. The van der Waals surface area contributed by atoms with E-state index < -0.39 is 29.9 Å². The Bertz CT molecular complexity index is 944. The average Bonchev–Trinajstić information content (AvgIpc) is 3.11. The maximum Gasteiger partial charge on any atom is 0.416 e. The molecule has 0 unspecified atom stereocenters. The number of anilines is 1. The number of benzene rings is 2. The van der Waals surface area contributed by atoms with E-state index in [1.165, 1.54) is 28.0 Å². The van der Waals surface area contributed by atoms with Gasteiger partial charge in [-0.1, -0.05) is 12.1 Å². The minimum absolute atomic E-state index is 0.00160. The van der Waals surface area contributed by atoms with Crippen LogP contribution in [0.25, 0.3) is 0 Å². The Kier molecular flexibility index (Phi) is 6.00. The number of carbonyl (C=O) groups is 2. The number of aryl methyl sites for hydroxylation is 1. The molecule has 160 valence electrons. The second-order valence-electron chi connectivity index (χ2n) is 7.20. The molecule has 1 atom stereocenters. The number of alkyl halides is 4. The molecule has 1 aliphatic heterocycles. The molecule has 0 saturated carbocycles. The van der Waals surface area contributed by atoms with Gasteiger partial charge in [-0.3, -0.25) is 4.90 Å². The zero-order valence-corrected chi connectivity index (χ0v) is 16.1. The summed E-state index contributed by atoms with van der Waals surface area (Å²) in [5.41, 5.74) is 0.595. The fourth-order valence-corrected chi connectivity index (χ4v) is 3.41. The van der Waals surface area contributed by atoms with Gasteiger partial charge in [0.25, 0.3) is 0 Å². The molecule has 2 aromatic rings. The number of aromatic carboxylic acids is 1. The maximum atomic E-state index is 13.6. The fraction of sp³-hybridized carbons (Fsp3) is 0.333. The SMILES string of the molecule is Cc1cc(CN(C(=O)N2CC[C@H](F)C2)c2ccc(C(F)(F)F)cc2)ccc1C(=O)O. The van der Waals surface area contributed by atoms with E-state index in [0.29, 0.717) is 11.1 Å². The van der Waals surface area contributed by atoms with E-state index in [2.05, 4.69) is 0 Å². The smallest absolute Gasteiger partial charge is 0.416 e. The highest BCUT2D eigenvalue weighted by Crippen LogP contribution is 2.31. The molecule has 0 aliphatic carbocycles. The number of carbonyl (C=O) groups excluding carboxylic acids is 1. The Balaban J connectivity index is 1.92. The molecule has 5 nitrogen and oxygen atoms in total. The van der Waals surface area contributed by atoms with Crippen LogP contribution in [0.2, 0.25) is 0 Å². The normalized spacial score (nSPS) is 16.6. The second kappa shape index (κ2) is 8.33. The van der Waals surface area contributed by atoms with Crippen molar-refractivity contribution < 1.29 is 32.3 Å². The lowest BCUT2D eigenvalue weighted by Crippen LogP contribution is -2.42. The predicted molar refractivity (Wildman–Crippen MR) is 102 cm³/mol. The first kappa shape index (κ1) is 21.6. The van der Waals surface area contributed by atoms with Crippen LogP contribution in [-0.4, -0.2) is 41.3 Å². The first-order valence-corrected chi connectivity index (χ1v) is 9.27. The fourth-order valence-electron chi connectivity index (χ4n) is 3.41. The standard InChI is InChI=1S/C21H20F4N2O3/c1-13-10-14(2-7-18(13)19(28)29)11-27(20(30)26-9-8-16(22)12-26)17-5-3-15(4-6-17)21(23,24)25/h2-7,10,16H,8-9,11-12H2,1H3,(H,28,29)/t16-/m0/s1. The molecular formula is C21H20F4N2O3. The molecule has 0 spiro atoms. The van der Waals surface area contributed by atoms with Gasteiger partial charge in [0, 0.05) is 12.2 Å². The van der Waals surface area contributed by atoms with E-state index >= 15 is 0 Å². The third kappa shape index (κ3) is 4.72. The number of amides is 2. The van der Waals surface area contributed by atoms with E-state index in [1.807, 2.05) is 0 Å². The van der Waals surface area contributed by atoms with Gasteiger partial charge in [-0.2, -0.15) is 13.2 Å². The van der Waals surface area contributed by atoms with Crippen molar-refractivity contribution in [2.45, 2.75) is 32.2 Å². The van der Waals surface area contributed by atoms with E-state index in [0.717, 1.165) is 12.1 Å². The van der Waals surface area contributed by atoms with Crippen molar-refractivity contribution >= 4 is 17.7 Å². The number of likely N-dealkylation sites (tertiary alicyclic amines) is 1. The number of rotatable bonds is 4. The quantitative estimate of drug-likeness (QED) is 0.712. The molecule has 9 heteroatoms. The van der Waals surface area contributed by atoms with Crippen molar-refractivity contribution in [2.75, 3.05) is 18.0 Å². The highest BCUT2D eigenvalue weighted by atomic mass is 19.4. The van der Waals surface area contributed by atoms with Crippen LogP contribution in [0.5, 0.6) is 0 Å². The van der Waals surface area contributed by atoms with Gasteiger partial charge in [-0.25, -0.2) is 14.0 Å². The monoisotopic (exact) mass is 424 g/mol. The first-order valence-electron chi connectivity index (χ1n) is 9.27. The van der Waals surface area contributed by atoms with Crippen LogP contribution >= 0.6 is 0 Å². The number of hydrogen-bond acceptors (Lipinski definition) is 2. The molecular weight excluding hydrogens is 404 g/mol. The van der Waals surface area contributed by atoms with Crippen LogP contribution in [0.1, 0.15) is 33.5 Å². The summed E-state index contributed by atoms with van der Waals surface area (Å²) in [6.45, 7) is 1.75. The molecule has 1 heterocycles. The van der Waals surface area contributed by atoms with Crippen molar-refractivity contribution in [1.82, 2.24) is 4.90 Å². The maximum absolute atomic E-state index is 13.6. The summed E-state index contributed by atoms with van der Waals surface area (Å²) in [5, 5.41) is 9.17. The highest BCUT2D eigenvalue weighted by Gasteiger charge is 2.32. The second-order valence-corrected chi connectivity index (χ2v) is 7.20. The molecule has 30 heavy (non-hydrogen) atoms. The molecule has 3 rings (SSSR count). The lowest BCUT2D eigenvalue weighted by atomic mass is 10.0. The van der Waals surface area contributed by atoms with Gasteiger partial charge in [0.1, 0.15) is 6.17 Å². The van der Waals surface area contributed by atoms with Gasteiger partial charge < -0.3 is 10.0 Å². The van der Waals surface area contributed by atoms with Crippen LogP contribution < -0.4 is 4.90 Å². The van der Waals surface area contributed by atoms with Crippen LogP contribution in [0.15, 0.2) is 42.5 Å². The molecule has 2 amide bonds. The zero-order chi connectivity index (χ0) is 22.1. The molecule has 0 radical (unpaired) electrons. The Morgan fingerprint density at radius 2 is 1.83 bits per heavy atom. The number of nitrogens with zero attached hydrogens (tertiary/aromatic N) is 2. The Labute approximate surface area is 170 Å². The van der Waals surface area contributed by atoms with Crippen molar-refractivity contribution in [1.29, 1.82) is 0 Å². The molecule has 1 fully saturated rings. The Hall–Kier alpha value is -3.10. The third-order valence-corrected chi connectivity index (χ3v) is 5.00. The average molecular weight is 424 g/mol. The van der Waals surface area contributed by atoms with Gasteiger partial charge >= 0.3 is 18.2 Å². The van der Waals surface area contributed by atoms with Crippen LogP contribution in [0.3, 0.4) is 0 Å². The van der Waals surface area contributed by atoms with E-state index in [1.54, 1.807) is 19.1 Å². The van der Waals surface area contributed by atoms with Gasteiger partial charge in [-0.15, -0.1) is 0 Å². The van der Waals surface area contributed by atoms with Crippen LogP contribution in [-0.2, 0) is 12.7 Å². The molecule has 1 saturated heterocycles. The summed E-state index contributed by atoms with van der Waals surface area (Å²) >= 11 is 0. The number of carboxylic acid groups (broad SMARTS) is 1. The van der Waals surface area contributed by atoms with Crippen LogP contribution in [0.4, 0.5) is 28.0 Å². The summed E-state index contributed by atoms with van der Waals surface area (Å²) < 4.78 is 52.2. The summed E-state index contributed by atoms with van der Waals surface area (Å²) in [5.74, 6) is -1.08. The van der Waals surface area contributed by atoms with Gasteiger partial charge in [-0.05, 0) is 54.8 Å². The molecule has 2 aromatic carbocycles.